The van der Waals surface area contributed by atoms with Gasteiger partial charge in [0.2, 0.25) is 5.91 Å². The summed E-state index contributed by atoms with van der Waals surface area (Å²) in [7, 11) is -1.21. The third-order valence-electron chi connectivity index (χ3n) is 6.03. The molecule has 0 radical (unpaired) electrons. The Hall–Kier alpha value is -1.40. The molecule has 2 saturated heterocycles. The van der Waals surface area contributed by atoms with Gasteiger partial charge in [-0.1, -0.05) is 30.3 Å². The third kappa shape index (κ3) is 4.65. The molecule has 2 heterocycles. The van der Waals surface area contributed by atoms with Crippen LogP contribution in [0.3, 0.4) is 0 Å². The molecule has 144 valence electrons. The van der Waals surface area contributed by atoms with E-state index in [0.717, 1.165) is 32.4 Å². The van der Waals surface area contributed by atoms with Crippen LogP contribution in [-0.2, 0) is 21.1 Å². The molecule has 1 aromatic carbocycles. The highest BCUT2D eigenvalue weighted by atomic mass is 32.2. The maximum absolute atomic E-state index is 12.8. The number of carbonyl (C=O) groups is 1. The van der Waals surface area contributed by atoms with Crippen LogP contribution in [0.5, 0.6) is 0 Å². The molecule has 3 rings (SSSR count). The molecule has 26 heavy (non-hydrogen) atoms. The fourth-order valence-corrected chi connectivity index (χ4v) is 5.98. The highest BCUT2D eigenvalue weighted by molar-refractivity contribution is 7.91. The second-order valence-corrected chi connectivity index (χ2v) is 10.1. The first-order valence-electron chi connectivity index (χ1n) is 9.61. The lowest BCUT2D eigenvalue weighted by Gasteiger charge is -2.37. The maximum atomic E-state index is 12.8. The third-order valence-corrected chi connectivity index (χ3v) is 7.78. The summed E-state index contributed by atoms with van der Waals surface area (Å²) in [6.07, 6.45) is 3.88. The summed E-state index contributed by atoms with van der Waals surface area (Å²) >= 11 is 0. The van der Waals surface area contributed by atoms with Crippen LogP contribution in [0.1, 0.15) is 31.7 Å². The fraction of sp³-hybridized carbons (Fsp3) is 0.650. The van der Waals surface area contributed by atoms with Crippen LogP contribution < -0.4 is 0 Å². The van der Waals surface area contributed by atoms with E-state index in [1.54, 1.807) is 11.9 Å². The molecular formula is C20H30N2O3S. The van der Waals surface area contributed by atoms with Gasteiger partial charge in [0, 0.05) is 13.1 Å². The molecule has 0 aromatic heterocycles. The Morgan fingerprint density at radius 2 is 1.85 bits per heavy atom. The molecule has 0 aliphatic carbocycles. The summed E-state index contributed by atoms with van der Waals surface area (Å²) in [6, 6.07) is 10.2. The van der Waals surface area contributed by atoms with E-state index < -0.39 is 9.84 Å². The Kier molecular flexibility index (Phi) is 6.03. The minimum atomic E-state index is -2.97. The Morgan fingerprint density at radius 1 is 1.19 bits per heavy atom. The van der Waals surface area contributed by atoms with Gasteiger partial charge < -0.3 is 4.90 Å². The normalized spacial score (nSPS) is 25.1. The molecule has 6 heteroatoms. The molecule has 1 aromatic rings. The van der Waals surface area contributed by atoms with Gasteiger partial charge in [-0.3, -0.25) is 9.69 Å². The average Bonchev–Trinajstić information content (AvgIpc) is 3.01. The van der Waals surface area contributed by atoms with Gasteiger partial charge >= 0.3 is 0 Å². The van der Waals surface area contributed by atoms with Crippen LogP contribution in [0.25, 0.3) is 0 Å². The SMILES string of the molecule is CC(C(=O)N(C)C1CCS(=O)(=O)C1)N1CCC(Cc2ccccc2)CC1. The topological polar surface area (TPSA) is 57.7 Å². The van der Waals surface area contributed by atoms with Gasteiger partial charge in [0.05, 0.1) is 17.5 Å². The van der Waals surface area contributed by atoms with Crippen LogP contribution >= 0.6 is 0 Å². The van der Waals surface area contributed by atoms with Crippen LogP contribution in [0.4, 0.5) is 0 Å². The first kappa shape index (κ1) is 19.4. The lowest BCUT2D eigenvalue weighted by molar-refractivity contribution is -0.137. The van der Waals surface area contributed by atoms with E-state index in [2.05, 4.69) is 29.2 Å². The number of hydrogen-bond acceptors (Lipinski definition) is 4. The maximum Gasteiger partial charge on any atom is 0.239 e. The molecule has 2 fully saturated rings. The van der Waals surface area contributed by atoms with Gasteiger partial charge in [-0.25, -0.2) is 8.42 Å². The molecule has 0 saturated carbocycles. The number of likely N-dealkylation sites (N-methyl/N-ethyl adjacent to an activating group) is 1. The van der Waals surface area contributed by atoms with Gasteiger partial charge in [-0.2, -0.15) is 0 Å². The van der Waals surface area contributed by atoms with Gasteiger partial charge in [0.1, 0.15) is 0 Å². The van der Waals surface area contributed by atoms with E-state index in [-0.39, 0.29) is 29.5 Å². The predicted molar refractivity (Wildman–Crippen MR) is 104 cm³/mol. The molecule has 5 nitrogen and oxygen atoms in total. The van der Waals surface area contributed by atoms with Crippen molar-refractivity contribution in [2.24, 2.45) is 5.92 Å². The smallest absolute Gasteiger partial charge is 0.239 e. The Morgan fingerprint density at radius 3 is 2.42 bits per heavy atom. The molecule has 1 amide bonds. The Bertz CT molecular complexity index is 712. The van der Waals surface area contributed by atoms with Gasteiger partial charge in [0.25, 0.3) is 0 Å². The van der Waals surface area contributed by atoms with Crippen molar-refractivity contribution in [2.45, 2.75) is 44.7 Å². The van der Waals surface area contributed by atoms with Gasteiger partial charge in [-0.05, 0) is 57.2 Å². The Labute approximate surface area is 157 Å². The summed E-state index contributed by atoms with van der Waals surface area (Å²) in [5.41, 5.74) is 1.39. The van der Waals surface area contributed by atoms with Crippen LogP contribution in [0, 0.1) is 5.92 Å². The molecule has 2 unspecified atom stereocenters. The van der Waals surface area contributed by atoms with Crippen LogP contribution in [-0.4, -0.2) is 67.9 Å². The number of amides is 1. The van der Waals surface area contributed by atoms with E-state index in [0.29, 0.717) is 12.3 Å². The summed E-state index contributed by atoms with van der Waals surface area (Å²) in [5, 5.41) is 0. The van der Waals surface area contributed by atoms with Crippen molar-refractivity contribution in [3.05, 3.63) is 35.9 Å². The predicted octanol–water partition coefficient (Wildman–Crippen LogP) is 1.98. The molecule has 2 atom stereocenters. The van der Waals surface area contributed by atoms with Crippen LogP contribution in [0.15, 0.2) is 30.3 Å². The first-order chi connectivity index (χ1) is 12.4. The van der Waals surface area contributed by atoms with E-state index in [1.807, 2.05) is 13.0 Å². The minimum Gasteiger partial charge on any atom is -0.340 e. The Balaban J connectivity index is 1.50. The van der Waals surface area contributed by atoms with Crippen molar-refractivity contribution >= 4 is 15.7 Å². The molecule has 2 aliphatic rings. The molecule has 0 spiro atoms. The van der Waals surface area contributed by atoms with Crippen molar-refractivity contribution in [1.29, 1.82) is 0 Å². The van der Waals surface area contributed by atoms with Gasteiger partial charge in [0.15, 0.2) is 9.84 Å². The number of piperidine rings is 1. The lowest BCUT2D eigenvalue weighted by Crippen LogP contribution is -2.51. The van der Waals surface area contributed by atoms with Crippen molar-refractivity contribution in [3.8, 4) is 0 Å². The van der Waals surface area contributed by atoms with Crippen molar-refractivity contribution in [3.63, 3.8) is 0 Å². The minimum absolute atomic E-state index is 0.0496. The summed E-state index contributed by atoms with van der Waals surface area (Å²) in [5.74, 6) is 1.04. The summed E-state index contributed by atoms with van der Waals surface area (Å²) in [6.45, 7) is 3.82. The molecular weight excluding hydrogens is 348 g/mol. The highest BCUT2D eigenvalue weighted by Gasteiger charge is 2.36. The number of carbonyl (C=O) groups excluding carboxylic acids is 1. The van der Waals surface area contributed by atoms with Crippen molar-refractivity contribution in [1.82, 2.24) is 9.80 Å². The number of likely N-dealkylation sites (tertiary alicyclic amines) is 1. The van der Waals surface area contributed by atoms with E-state index in [4.69, 9.17) is 0 Å². The van der Waals surface area contributed by atoms with Crippen LogP contribution in [0.2, 0.25) is 0 Å². The number of sulfone groups is 1. The standard InChI is InChI=1S/C20H30N2O3S/c1-16(20(23)21(2)19-10-13-26(24,25)15-19)22-11-8-18(9-12-22)14-17-6-4-3-5-7-17/h3-7,16,18-19H,8-15H2,1-2H3. The summed E-state index contributed by atoms with van der Waals surface area (Å²) < 4.78 is 23.4. The highest BCUT2D eigenvalue weighted by Crippen LogP contribution is 2.24. The van der Waals surface area contributed by atoms with Gasteiger partial charge in [-0.15, -0.1) is 0 Å². The number of nitrogens with zero attached hydrogens (tertiary/aromatic N) is 2. The molecule has 0 bridgehead atoms. The largest absolute Gasteiger partial charge is 0.340 e. The summed E-state index contributed by atoms with van der Waals surface area (Å²) in [4.78, 5) is 16.7. The second kappa shape index (κ2) is 8.09. The number of hydrogen-bond donors (Lipinski definition) is 0. The molecule has 0 N–H and O–H groups in total. The zero-order chi connectivity index (χ0) is 18.7. The van der Waals surface area contributed by atoms with Crippen molar-refractivity contribution < 1.29 is 13.2 Å². The van der Waals surface area contributed by atoms with E-state index in [1.165, 1.54) is 5.56 Å². The molecule has 2 aliphatic heterocycles. The lowest BCUT2D eigenvalue weighted by atomic mass is 9.89. The fourth-order valence-electron chi connectivity index (χ4n) is 4.20. The average molecular weight is 379 g/mol. The quantitative estimate of drug-likeness (QED) is 0.786. The van der Waals surface area contributed by atoms with E-state index >= 15 is 0 Å². The zero-order valence-corrected chi connectivity index (χ0v) is 16.6. The van der Waals surface area contributed by atoms with E-state index in [9.17, 15) is 13.2 Å². The number of rotatable bonds is 5. The monoisotopic (exact) mass is 378 g/mol. The second-order valence-electron chi connectivity index (χ2n) is 7.85. The first-order valence-corrected chi connectivity index (χ1v) is 11.4. The zero-order valence-electron chi connectivity index (χ0n) is 15.8. The number of benzene rings is 1. The van der Waals surface area contributed by atoms with Crippen molar-refractivity contribution in [2.75, 3.05) is 31.6 Å².